The molecule has 0 aliphatic carbocycles. The molecule has 0 fully saturated rings. The van der Waals surface area contributed by atoms with E-state index in [-0.39, 0.29) is 12.3 Å². The summed E-state index contributed by atoms with van der Waals surface area (Å²) in [5.74, 6) is 1.07. The topological polar surface area (TPSA) is 107 Å². The molecule has 1 heterocycles. The summed E-state index contributed by atoms with van der Waals surface area (Å²) in [4.78, 5) is 22.2. The van der Waals surface area contributed by atoms with Crippen molar-refractivity contribution in [3.63, 3.8) is 0 Å². The lowest BCUT2D eigenvalue weighted by molar-refractivity contribution is -0.384. The largest absolute Gasteiger partial charge is 0.483 e. The van der Waals surface area contributed by atoms with Crippen LogP contribution in [0.1, 0.15) is 11.3 Å². The van der Waals surface area contributed by atoms with Crippen LogP contribution in [-0.4, -0.2) is 23.7 Å². The quantitative estimate of drug-likeness (QED) is 0.383. The number of hydrogen-bond acceptors (Lipinski definition) is 6. The fourth-order valence-corrected chi connectivity index (χ4v) is 2.41. The van der Waals surface area contributed by atoms with Gasteiger partial charge in [-0.05, 0) is 30.7 Å². The third-order valence-corrected chi connectivity index (χ3v) is 3.80. The van der Waals surface area contributed by atoms with Crippen LogP contribution in [-0.2, 0) is 4.79 Å². The molecule has 0 saturated heterocycles. The number of non-ortho nitro benzene ring substituents is 1. The second-order valence-electron chi connectivity index (χ2n) is 5.86. The number of para-hydroxylation sites is 1. The number of hydrazone groups is 1. The minimum Gasteiger partial charge on any atom is -0.483 e. The van der Waals surface area contributed by atoms with Gasteiger partial charge in [0.05, 0.1) is 11.1 Å². The number of rotatable bonds is 7. The Bertz CT molecular complexity index is 1030. The summed E-state index contributed by atoms with van der Waals surface area (Å²) in [7, 11) is 0. The van der Waals surface area contributed by atoms with Crippen molar-refractivity contribution in [2.24, 2.45) is 5.10 Å². The van der Waals surface area contributed by atoms with E-state index in [1.165, 1.54) is 18.3 Å². The van der Waals surface area contributed by atoms with Gasteiger partial charge in [-0.3, -0.25) is 14.9 Å². The highest BCUT2D eigenvalue weighted by atomic mass is 16.6. The maximum atomic E-state index is 11.8. The highest BCUT2D eigenvalue weighted by molar-refractivity contribution is 5.81. The van der Waals surface area contributed by atoms with Gasteiger partial charge >= 0.3 is 0 Å². The first-order valence-corrected chi connectivity index (χ1v) is 8.38. The molecule has 3 rings (SSSR count). The van der Waals surface area contributed by atoms with E-state index in [2.05, 4.69) is 10.5 Å². The first-order valence-electron chi connectivity index (χ1n) is 8.38. The number of furan rings is 1. The summed E-state index contributed by atoms with van der Waals surface area (Å²) in [6, 6.07) is 16.8. The molecule has 28 heavy (non-hydrogen) atoms. The van der Waals surface area contributed by atoms with E-state index in [0.717, 1.165) is 5.56 Å². The number of aryl methyl sites for hydroxylation is 1. The summed E-state index contributed by atoms with van der Waals surface area (Å²) in [6.45, 7) is 1.72. The molecule has 0 radical (unpaired) electrons. The van der Waals surface area contributed by atoms with Crippen LogP contribution in [0.2, 0.25) is 0 Å². The van der Waals surface area contributed by atoms with Crippen molar-refractivity contribution >= 4 is 17.8 Å². The van der Waals surface area contributed by atoms with Gasteiger partial charge in [-0.1, -0.05) is 30.3 Å². The number of nitro groups is 1. The number of benzene rings is 2. The van der Waals surface area contributed by atoms with Gasteiger partial charge in [0.15, 0.2) is 6.61 Å². The van der Waals surface area contributed by atoms with Crippen LogP contribution >= 0.6 is 0 Å². The number of hydrogen-bond donors (Lipinski definition) is 1. The van der Waals surface area contributed by atoms with Gasteiger partial charge < -0.3 is 9.15 Å². The van der Waals surface area contributed by atoms with Crippen LogP contribution in [0.3, 0.4) is 0 Å². The first kappa shape index (κ1) is 18.8. The Hall–Kier alpha value is -3.94. The fraction of sp³-hybridized carbons (Fsp3) is 0.100. The van der Waals surface area contributed by atoms with Crippen molar-refractivity contribution in [3.05, 3.63) is 82.1 Å². The minimum atomic E-state index is -0.469. The SMILES string of the molecule is Cc1ccccc1OCC(=O)N/N=C\c1ccc(-c2cccc([N+](=O)[O-])c2)o1. The van der Waals surface area contributed by atoms with E-state index in [4.69, 9.17) is 9.15 Å². The molecule has 0 aliphatic heterocycles. The van der Waals surface area contributed by atoms with Crippen LogP contribution in [0.5, 0.6) is 5.75 Å². The van der Waals surface area contributed by atoms with Gasteiger partial charge in [-0.25, -0.2) is 5.43 Å². The second-order valence-corrected chi connectivity index (χ2v) is 5.86. The fourth-order valence-electron chi connectivity index (χ4n) is 2.41. The molecule has 0 saturated carbocycles. The van der Waals surface area contributed by atoms with Crippen LogP contribution in [0, 0.1) is 17.0 Å². The van der Waals surface area contributed by atoms with Crippen LogP contribution in [0.25, 0.3) is 11.3 Å². The lowest BCUT2D eigenvalue weighted by Gasteiger charge is -2.07. The van der Waals surface area contributed by atoms with Crippen LogP contribution < -0.4 is 10.2 Å². The lowest BCUT2D eigenvalue weighted by atomic mass is 10.1. The van der Waals surface area contributed by atoms with Crippen molar-refractivity contribution in [1.29, 1.82) is 0 Å². The van der Waals surface area contributed by atoms with Crippen molar-refractivity contribution in [3.8, 4) is 17.1 Å². The number of carbonyl (C=O) groups is 1. The molecule has 0 atom stereocenters. The van der Waals surface area contributed by atoms with Crippen LogP contribution in [0.15, 0.2) is 70.2 Å². The number of nitro benzene ring substituents is 1. The Kier molecular flexibility index (Phi) is 5.81. The average molecular weight is 379 g/mol. The van der Waals surface area contributed by atoms with E-state index in [1.807, 2.05) is 25.1 Å². The molecular weight excluding hydrogens is 362 g/mol. The van der Waals surface area contributed by atoms with E-state index < -0.39 is 10.8 Å². The first-order chi connectivity index (χ1) is 13.5. The third kappa shape index (κ3) is 4.82. The van der Waals surface area contributed by atoms with Crippen molar-refractivity contribution in [2.45, 2.75) is 6.92 Å². The predicted molar refractivity (Wildman–Crippen MR) is 103 cm³/mol. The van der Waals surface area contributed by atoms with E-state index >= 15 is 0 Å². The molecule has 0 aliphatic rings. The zero-order valence-corrected chi connectivity index (χ0v) is 15.0. The predicted octanol–water partition coefficient (Wildman–Crippen LogP) is 3.69. The number of carbonyl (C=O) groups excluding carboxylic acids is 1. The number of nitrogens with one attached hydrogen (secondary N) is 1. The maximum Gasteiger partial charge on any atom is 0.277 e. The van der Waals surface area contributed by atoms with Crippen molar-refractivity contribution in [2.75, 3.05) is 6.61 Å². The summed E-state index contributed by atoms with van der Waals surface area (Å²) in [5, 5.41) is 14.7. The average Bonchev–Trinajstić information content (AvgIpc) is 3.16. The normalized spacial score (nSPS) is 10.8. The van der Waals surface area contributed by atoms with Crippen molar-refractivity contribution in [1.82, 2.24) is 5.43 Å². The molecule has 0 spiro atoms. The Morgan fingerprint density at radius 1 is 1.21 bits per heavy atom. The number of ether oxygens (including phenoxy) is 1. The van der Waals surface area contributed by atoms with E-state index in [1.54, 1.807) is 30.3 Å². The second kappa shape index (κ2) is 8.63. The molecule has 1 amide bonds. The smallest absolute Gasteiger partial charge is 0.277 e. The zero-order valence-electron chi connectivity index (χ0n) is 15.0. The van der Waals surface area contributed by atoms with Gasteiger partial charge in [0.1, 0.15) is 17.3 Å². The highest BCUT2D eigenvalue weighted by Gasteiger charge is 2.10. The minimum absolute atomic E-state index is 0.0231. The lowest BCUT2D eigenvalue weighted by Crippen LogP contribution is -2.24. The molecule has 3 aromatic rings. The van der Waals surface area contributed by atoms with Gasteiger partial charge in [-0.2, -0.15) is 5.10 Å². The third-order valence-electron chi connectivity index (χ3n) is 3.80. The zero-order chi connectivity index (χ0) is 19.9. The molecule has 1 aromatic heterocycles. The Morgan fingerprint density at radius 2 is 2.04 bits per heavy atom. The molecule has 0 bridgehead atoms. The maximum absolute atomic E-state index is 11.8. The van der Waals surface area contributed by atoms with Crippen LogP contribution in [0.4, 0.5) is 5.69 Å². The summed E-state index contributed by atoms with van der Waals surface area (Å²) in [6.07, 6.45) is 1.34. The summed E-state index contributed by atoms with van der Waals surface area (Å²) in [5.41, 5.74) is 3.83. The summed E-state index contributed by atoms with van der Waals surface area (Å²) < 4.78 is 11.0. The highest BCUT2D eigenvalue weighted by Crippen LogP contribution is 2.25. The van der Waals surface area contributed by atoms with E-state index in [9.17, 15) is 14.9 Å². The molecule has 8 heteroatoms. The number of amides is 1. The monoisotopic (exact) mass is 379 g/mol. The standard InChI is InChI=1S/C20H17N3O5/c1-14-5-2-3-8-18(14)27-13-20(24)22-21-12-17-9-10-19(28-17)15-6-4-7-16(11-15)23(25)26/h2-12H,13H2,1H3,(H,22,24)/b21-12-. The number of nitrogens with zero attached hydrogens (tertiary/aromatic N) is 2. The van der Waals surface area contributed by atoms with Gasteiger partial charge in [0, 0.05) is 17.7 Å². The van der Waals surface area contributed by atoms with E-state index in [0.29, 0.717) is 22.8 Å². The van der Waals surface area contributed by atoms with Crippen molar-refractivity contribution < 1.29 is 18.9 Å². The molecular formula is C20H17N3O5. The van der Waals surface area contributed by atoms with Gasteiger partial charge in [-0.15, -0.1) is 0 Å². The molecule has 142 valence electrons. The van der Waals surface area contributed by atoms with Gasteiger partial charge in [0.2, 0.25) is 0 Å². The Balaban J connectivity index is 1.55. The Labute approximate surface area is 160 Å². The Morgan fingerprint density at radius 3 is 2.82 bits per heavy atom. The summed E-state index contributed by atoms with van der Waals surface area (Å²) >= 11 is 0. The molecule has 8 nitrogen and oxygen atoms in total. The molecule has 0 unspecified atom stereocenters. The van der Waals surface area contributed by atoms with Gasteiger partial charge in [0.25, 0.3) is 11.6 Å². The molecule has 1 N–H and O–H groups in total. The molecule has 2 aromatic carbocycles.